The molecule has 3 rings (SSSR count). The molecule has 0 spiro atoms. The van der Waals surface area contributed by atoms with Crippen molar-refractivity contribution in [1.29, 1.82) is 5.26 Å². The van der Waals surface area contributed by atoms with Crippen LogP contribution in [0.5, 0.6) is 0 Å². The molecule has 3 atom stereocenters. The van der Waals surface area contributed by atoms with E-state index in [0.717, 1.165) is 12.3 Å². The van der Waals surface area contributed by atoms with E-state index in [2.05, 4.69) is 11.4 Å². The van der Waals surface area contributed by atoms with Crippen LogP contribution in [-0.4, -0.2) is 11.9 Å². The Hall–Kier alpha value is -1.82. The van der Waals surface area contributed by atoms with E-state index in [1.807, 2.05) is 0 Å². The first-order chi connectivity index (χ1) is 8.76. The summed E-state index contributed by atoms with van der Waals surface area (Å²) in [6, 6.07) is 9.31. The Bertz CT molecular complexity index is 517. The Balaban J connectivity index is 1.69. The smallest absolute Gasteiger partial charge is 0.251 e. The van der Waals surface area contributed by atoms with Gasteiger partial charge in [-0.15, -0.1) is 0 Å². The molecule has 0 aromatic heterocycles. The van der Waals surface area contributed by atoms with E-state index in [0.29, 0.717) is 23.1 Å². The molecule has 0 saturated heterocycles. The average Bonchev–Trinajstić information content (AvgIpc) is 3.01. The van der Waals surface area contributed by atoms with Crippen molar-refractivity contribution in [1.82, 2.24) is 5.32 Å². The van der Waals surface area contributed by atoms with Crippen molar-refractivity contribution in [2.24, 2.45) is 11.8 Å². The summed E-state index contributed by atoms with van der Waals surface area (Å²) in [5.74, 6) is 1.47. The Morgan fingerprint density at radius 2 is 2.22 bits per heavy atom. The lowest BCUT2D eigenvalue weighted by molar-refractivity contribution is 0.0923. The van der Waals surface area contributed by atoms with Crippen LogP contribution in [0.3, 0.4) is 0 Å². The molecule has 1 amide bonds. The van der Waals surface area contributed by atoms with Gasteiger partial charge in [-0.05, 0) is 49.3 Å². The molecule has 2 aliphatic rings. The summed E-state index contributed by atoms with van der Waals surface area (Å²) >= 11 is 0. The van der Waals surface area contributed by atoms with E-state index in [1.165, 1.54) is 19.3 Å². The first-order valence-electron chi connectivity index (χ1n) is 6.57. The number of hydrogen-bond acceptors (Lipinski definition) is 2. The SMILES string of the molecule is N#Cc1cccc(C(=O)NC2CC3CCC2C3)c1. The fourth-order valence-corrected chi connectivity index (χ4v) is 3.40. The van der Waals surface area contributed by atoms with Gasteiger partial charge in [-0.3, -0.25) is 4.79 Å². The Morgan fingerprint density at radius 3 is 2.89 bits per heavy atom. The van der Waals surface area contributed by atoms with E-state index in [4.69, 9.17) is 5.26 Å². The second-order valence-electron chi connectivity index (χ2n) is 5.45. The first-order valence-corrected chi connectivity index (χ1v) is 6.57. The van der Waals surface area contributed by atoms with Gasteiger partial charge < -0.3 is 5.32 Å². The molecular weight excluding hydrogens is 224 g/mol. The minimum absolute atomic E-state index is 0.0374. The van der Waals surface area contributed by atoms with Crippen LogP contribution in [-0.2, 0) is 0 Å². The van der Waals surface area contributed by atoms with Gasteiger partial charge in [0.25, 0.3) is 5.91 Å². The summed E-state index contributed by atoms with van der Waals surface area (Å²) in [4.78, 5) is 12.1. The molecule has 2 saturated carbocycles. The Kier molecular flexibility index (Phi) is 2.79. The van der Waals surface area contributed by atoms with Crippen molar-refractivity contribution in [3.63, 3.8) is 0 Å². The molecule has 1 aromatic rings. The van der Waals surface area contributed by atoms with Crippen LogP contribution in [0, 0.1) is 23.2 Å². The number of carbonyl (C=O) groups is 1. The fourth-order valence-electron chi connectivity index (χ4n) is 3.40. The van der Waals surface area contributed by atoms with Gasteiger partial charge in [-0.2, -0.15) is 5.26 Å². The molecule has 0 aliphatic heterocycles. The number of amides is 1. The molecular formula is C15H16N2O. The Morgan fingerprint density at radius 1 is 1.33 bits per heavy atom. The standard InChI is InChI=1S/C15H16N2O/c16-9-11-2-1-3-13(7-11)15(18)17-14-8-10-4-5-12(14)6-10/h1-3,7,10,12,14H,4-6,8H2,(H,17,18). The van der Waals surface area contributed by atoms with E-state index < -0.39 is 0 Å². The number of fused-ring (bicyclic) bond motifs is 2. The molecule has 3 nitrogen and oxygen atoms in total. The highest BCUT2D eigenvalue weighted by Gasteiger charge is 2.40. The third kappa shape index (κ3) is 1.99. The van der Waals surface area contributed by atoms with Crippen LogP contribution in [0.2, 0.25) is 0 Å². The Labute approximate surface area is 107 Å². The summed E-state index contributed by atoms with van der Waals surface area (Å²) in [5.41, 5.74) is 1.13. The molecule has 2 bridgehead atoms. The molecule has 0 heterocycles. The molecule has 3 unspecified atom stereocenters. The van der Waals surface area contributed by atoms with Crippen molar-refractivity contribution < 1.29 is 4.79 Å². The minimum atomic E-state index is -0.0374. The lowest BCUT2D eigenvalue weighted by atomic mass is 9.95. The molecule has 1 N–H and O–H groups in total. The molecule has 2 aliphatic carbocycles. The molecule has 1 aromatic carbocycles. The quantitative estimate of drug-likeness (QED) is 0.863. The highest BCUT2D eigenvalue weighted by molar-refractivity contribution is 5.94. The number of carbonyl (C=O) groups excluding carboxylic acids is 1. The van der Waals surface area contributed by atoms with Crippen LogP contribution < -0.4 is 5.32 Å². The second-order valence-corrected chi connectivity index (χ2v) is 5.45. The van der Waals surface area contributed by atoms with Gasteiger partial charge >= 0.3 is 0 Å². The van der Waals surface area contributed by atoms with Gasteiger partial charge in [0.05, 0.1) is 11.6 Å². The summed E-state index contributed by atoms with van der Waals surface area (Å²) < 4.78 is 0. The zero-order valence-electron chi connectivity index (χ0n) is 10.2. The summed E-state index contributed by atoms with van der Waals surface area (Å²) in [5, 5.41) is 12.0. The summed E-state index contributed by atoms with van der Waals surface area (Å²) in [6.07, 6.45) is 5.01. The van der Waals surface area contributed by atoms with Crippen LogP contribution in [0.15, 0.2) is 24.3 Å². The second kappa shape index (κ2) is 4.45. The van der Waals surface area contributed by atoms with Gasteiger partial charge in [0.2, 0.25) is 0 Å². The lowest BCUT2D eigenvalue weighted by Crippen LogP contribution is -2.38. The van der Waals surface area contributed by atoms with Crippen molar-refractivity contribution >= 4 is 5.91 Å². The molecule has 92 valence electrons. The van der Waals surface area contributed by atoms with E-state index >= 15 is 0 Å². The maximum absolute atomic E-state index is 12.1. The van der Waals surface area contributed by atoms with E-state index in [1.54, 1.807) is 24.3 Å². The summed E-state index contributed by atoms with van der Waals surface area (Å²) in [7, 11) is 0. The molecule has 3 heteroatoms. The third-order valence-corrected chi connectivity index (χ3v) is 4.31. The average molecular weight is 240 g/mol. The van der Waals surface area contributed by atoms with Crippen molar-refractivity contribution in [3.8, 4) is 6.07 Å². The topological polar surface area (TPSA) is 52.9 Å². The number of benzene rings is 1. The molecule has 0 radical (unpaired) electrons. The third-order valence-electron chi connectivity index (χ3n) is 4.31. The molecule has 18 heavy (non-hydrogen) atoms. The van der Waals surface area contributed by atoms with E-state index in [-0.39, 0.29) is 5.91 Å². The highest BCUT2D eigenvalue weighted by atomic mass is 16.1. The number of hydrogen-bond donors (Lipinski definition) is 1. The zero-order chi connectivity index (χ0) is 12.5. The number of nitriles is 1. The van der Waals surface area contributed by atoms with Crippen LogP contribution >= 0.6 is 0 Å². The maximum Gasteiger partial charge on any atom is 0.251 e. The number of nitrogens with zero attached hydrogens (tertiary/aromatic N) is 1. The van der Waals surface area contributed by atoms with Crippen LogP contribution in [0.1, 0.15) is 41.6 Å². The maximum atomic E-state index is 12.1. The highest BCUT2D eigenvalue weighted by Crippen LogP contribution is 2.44. The predicted octanol–water partition coefficient (Wildman–Crippen LogP) is 2.48. The van der Waals surface area contributed by atoms with Gasteiger partial charge in [-0.25, -0.2) is 0 Å². The number of rotatable bonds is 2. The monoisotopic (exact) mass is 240 g/mol. The van der Waals surface area contributed by atoms with Gasteiger partial charge in [0.1, 0.15) is 0 Å². The zero-order valence-corrected chi connectivity index (χ0v) is 10.2. The van der Waals surface area contributed by atoms with Crippen molar-refractivity contribution in [3.05, 3.63) is 35.4 Å². The van der Waals surface area contributed by atoms with Crippen molar-refractivity contribution in [2.75, 3.05) is 0 Å². The summed E-state index contributed by atoms with van der Waals surface area (Å²) in [6.45, 7) is 0. The van der Waals surface area contributed by atoms with Crippen LogP contribution in [0.4, 0.5) is 0 Å². The van der Waals surface area contributed by atoms with Gasteiger partial charge in [-0.1, -0.05) is 12.5 Å². The molecule has 2 fully saturated rings. The van der Waals surface area contributed by atoms with E-state index in [9.17, 15) is 4.79 Å². The normalized spacial score (nSPS) is 28.9. The minimum Gasteiger partial charge on any atom is -0.349 e. The predicted molar refractivity (Wildman–Crippen MR) is 67.9 cm³/mol. The first kappa shape index (κ1) is 11.3. The largest absolute Gasteiger partial charge is 0.349 e. The fraction of sp³-hybridized carbons (Fsp3) is 0.467. The lowest BCUT2D eigenvalue weighted by Gasteiger charge is -2.22. The van der Waals surface area contributed by atoms with Crippen molar-refractivity contribution in [2.45, 2.75) is 31.7 Å². The van der Waals surface area contributed by atoms with Gasteiger partial charge in [0.15, 0.2) is 0 Å². The van der Waals surface area contributed by atoms with Gasteiger partial charge in [0, 0.05) is 11.6 Å². The number of nitrogens with one attached hydrogen (secondary N) is 1. The van der Waals surface area contributed by atoms with Crippen LogP contribution in [0.25, 0.3) is 0 Å².